The van der Waals surface area contributed by atoms with Crippen molar-refractivity contribution in [1.82, 2.24) is 35.2 Å². The molecule has 0 unspecified atom stereocenters. The van der Waals surface area contributed by atoms with Gasteiger partial charge in [-0.15, -0.1) is 0 Å². The molecular weight excluding hydrogens is 753 g/mol. The Labute approximate surface area is 339 Å². The molecule has 6 fully saturated rings. The first-order valence-corrected chi connectivity index (χ1v) is 20.6. The van der Waals surface area contributed by atoms with Gasteiger partial charge in [-0.2, -0.15) is 10.2 Å². The molecule has 6 aliphatic rings. The molecule has 3 aromatic heterocycles. The molecule has 0 spiro atoms. The van der Waals surface area contributed by atoms with Gasteiger partial charge in [-0.05, 0) is 104 Å². The number of nitrogens with zero attached hydrogens (tertiary/aromatic N) is 5. The summed E-state index contributed by atoms with van der Waals surface area (Å²) in [5.74, 6) is 3.26. The molecule has 0 saturated heterocycles. The fourth-order valence-electron chi connectivity index (χ4n) is 9.83. The lowest BCUT2D eigenvalue weighted by Gasteiger charge is -2.62. The van der Waals surface area contributed by atoms with Crippen LogP contribution in [0.5, 0.6) is 0 Å². The zero-order valence-electron chi connectivity index (χ0n) is 33.7. The van der Waals surface area contributed by atoms with Crippen molar-refractivity contribution in [2.45, 2.75) is 119 Å². The molecule has 6 aliphatic carbocycles. The number of carbonyl (C=O) groups excluding carboxylic acids is 2. The summed E-state index contributed by atoms with van der Waals surface area (Å²) in [6, 6.07) is 4.22. The molecule has 15 heteroatoms. The second-order valence-electron chi connectivity index (χ2n) is 17.9. The second kappa shape index (κ2) is 16.5. The molecule has 6 saturated carbocycles. The Morgan fingerprint density at radius 2 is 1.21 bits per heavy atom. The zero-order valence-corrected chi connectivity index (χ0v) is 35.2. The van der Waals surface area contributed by atoms with Crippen molar-refractivity contribution in [3.8, 4) is 0 Å². The van der Waals surface area contributed by atoms with Crippen LogP contribution in [0, 0.1) is 46.3 Å². The number of anilines is 2. The van der Waals surface area contributed by atoms with E-state index in [9.17, 15) is 19.2 Å². The second-order valence-corrected chi connectivity index (χ2v) is 18.7. The molecule has 2 amide bonds. The van der Waals surface area contributed by atoms with Crippen LogP contribution in [0.25, 0.3) is 0 Å². The van der Waals surface area contributed by atoms with Gasteiger partial charge >= 0.3 is 0 Å². The minimum absolute atomic E-state index is 0.0121. The third-order valence-electron chi connectivity index (χ3n) is 13.6. The fourth-order valence-corrected chi connectivity index (χ4v) is 10.2. The van der Waals surface area contributed by atoms with E-state index in [1.54, 1.807) is 24.8 Å². The Kier molecular flexibility index (Phi) is 12.3. The minimum atomic E-state index is -0.463. The van der Waals surface area contributed by atoms with Crippen LogP contribution in [0.4, 0.5) is 11.4 Å². The molecule has 0 radical (unpaired) electrons. The Hall–Kier alpha value is -3.97. The SMILES string of the molecule is CC(C)NC(=O)Cn1ncc(N[C@@H]2C[C@@H]3C[C@H]([C@H]2C)C3(C)C)c(Cl)c1=O.C[C@@H]1[C@H]2C[C@@H](C[C@H]1Nc1cnn(CC(=O)NCc3ccncc3)c(=O)c1Cl)C2(C)C. The monoisotopic (exact) mass is 809 g/mol. The summed E-state index contributed by atoms with van der Waals surface area (Å²) in [6.07, 6.45) is 11.2. The third kappa shape index (κ3) is 8.49. The standard InChI is InChI=1S/C22H28ClN5O2.C19H29ClN4O2/c1-13-16-8-15(22(16,2)3)9-17(13)27-18-11-26-28(21(30)20(18)23)12-19(29)25-10-14-4-6-24-7-5-14;1-10(2)22-16(25)9-24-18(26)17(20)15(8-21-24)23-14-7-12-6-13(11(14)3)19(12,4)5/h4-7,11,13,15-17,27H,8-10,12H2,1-3H3,(H,25,29);8,10-14,23H,6-7,9H2,1-5H3,(H,22,25)/t13-,15+,16-,17-;11-,12+,13-,14-/m11/s1. The number of hydrogen-bond donors (Lipinski definition) is 4. The molecule has 56 heavy (non-hydrogen) atoms. The number of hydrogen-bond acceptors (Lipinski definition) is 9. The normalized spacial score (nSPS) is 27.8. The summed E-state index contributed by atoms with van der Waals surface area (Å²) in [4.78, 5) is 53.1. The quantitative estimate of drug-likeness (QED) is 0.182. The van der Waals surface area contributed by atoms with Crippen molar-refractivity contribution in [2.24, 2.45) is 46.3 Å². The van der Waals surface area contributed by atoms with Crippen LogP contribution in [-0.4, -0.2) is 54.5 Å². The van der Waals surface area contributed by atoms with Crippen molar-refractivity contribution in [3.05, 3.63) is 73.2 Å². The average Bonchev–Trinajstić information content (AvgIpc) is 3.15. The highest BCUT2D eigenvalue weighted by Crippen LogP contribution is 2.62. The summed E-state index contributed by atoms with van der Waals surface area (Å²) >= 11 is 12.6. The van der Waals surface area contributed by atoms with E-state index in [1.165, 1.54) is 12.8 Å². The third-order valence-corrected chi connectivity index (χ3v) is 14.4. The Bertz CT molecular complexity index is 2030. The first-order valence-electron chi connectivity index (χ1n) is 19.9. The van der Waals surface area contributed by atoms with E-state index in [2.05, 4.69) is 78.0 Å². The van der Waals surface area contributed by atoms with E-state index >= 15 is 0 Å². The molecule has 8 atom stereocenters. The van der Waals surface area contributed by atoms with E-state index in [0.717, 1.165) is 27.8 Å². The lowest BCUT2D eigenvalue weighted by atomic mass is 9.45. The average molecular weight is 811 g/mol. The number of aromatic nitrogens is 5. The van der Waals surface area contributed by atoms with Gasteiger partial charge in [0.15, 0.2) is 0 Å². The van der Waals surface area contributed by atoms with Gasteiger partial charge in [0.2, 0.25) is 11.8 Å². The first-order chi connectivity index (χ1) is 26.4. The van der Waals surface area contributed by atoms with Gasteiger partial charge in [0, 0.05) is 37.1 Å². The van der Waals surface area contributed by atoms with Crippen molar-refractivity contribution in [3.63, 3.8) is 0 Å². The molecule has 4 N–H and O–H groups in total. The smallest absolute Gasteiger partial charge is 0.288 e. The predicted molar refractivity (Wildman–Crippen MR) is 220 cm³/mol. The van der Waals surface area contributed by atoms with Crippen molar-refractivity contribution in [1.29, 1.82) is 0 Å². The number of fused-ring (bicyclic) bond motifs is 4. The van der Waals surface area contributed by atoms with Crippen LogP contribution >= 0.6 is 23.2 Å². The Morgan fingerprint density at radius 3 is 1.62 bits per heavy atom. The minimum Gasteiger partial charge on any atom is -0.379 e. The maximum absolute atomic E-state index is 12.6. The van der Waals surface area contributed by atoms with Gasteiger partial charge in [0.25, 0.3) is 11.1 Å². The van der Waals surface area contributed by atoms with E-state index in [-0.39, 0.29) is 47.0 Å². The molecule has 0 aromatic carbocycles. The molecule has 9 rings (SSSR count). The van der Waals surface area contributed by atoms with E-state index in [1.807, 2.05) is 26.0 Å². The van der Waals surface area contributed by atoms with E-state index in [0.29, 0.717) is 70.3 Å². The van der Waals surface area contributed by atoms with Crippen molar-refractivity contribution >= 4 is 46.4 Å². The zero-order chi connectivity index (χ0) is 40.7. The predicted octanol–water partition coefficient (Wildman–Crippen LogP) is 5.99. The molecule has 13 nitrogen and oxygen atoms in total. The summed E-state index contributed by atoms with van der Waals surface area (Å²) in [6.45, 7) is 17.8. The number of nitrogens with one attached hydrogen (secondary N) is 4. The van der Waals surface area contributed by atoms with E-state index < -0.39 is 11.1 Å². The lowest BCUT2D eigenvalue weighted by molar-refractivity contribution is -0.123. The maximum atomic E-state index is 12.6. The molecular formula is C41H57Cl2N9O4. The Morgan fingerprint density at radius 1 is 0.768 bits per heavy atom. The highest BCUT2D eigenvalue weighted by atomic mass is 35.5. The largest absolute Gasteiger partial charge is 0.379 e. The van der Waals surface area contributed by atoms with Crippen LogP contribution in [-0.2, 0) is 29.2 Å². The number of rotatable bonds is 11. The number of pyridine rings is 1. The maximum Gasteiger partial charge on any atom is 0.288 e. The number of amides is 2. The van der Waals surface area contributed by atoms with E-state index in [4.69, 9.17) is 23.2 Å². The van der Waals surface area contributed by atoms with Crippen LogP contribution in [0.3, 0.4) is 0 Å². The van der Waals surface area contributed by atoms with Crippen LogP contribution in [0.15, 0.2) is 46.5 Å². The van der Waals surface area contributed by atoms with Gasteiger partial charge in [0.05, 0.1) is 23.8 Å². The Balaban J connectivity index is 0.000000192. The number of carbonyl (C=O) groups is 2. The first kappa shape index (κ1) is 41.7. The number of halogens is 2. The van der Waals surface area contributed by atoms with Crippen LogP contribution < -0.4 is 32.4 Å². The van der Waals surface area contributed by atoms with Gasteiger partial charge in [-0.3, -0.25) is 24.2 Å². The summed E-state index contributed by atoms with van der Waals surface area (Å²) < 4.78 is 2.20. The topological polar surface area (TPSA) is 165 Å². The molecule has 304 valence electrons. The summed E-state index contributed by atoms with van der Waals surface area (Å²) in [7, 11) is 0. The van der Waals surface area contributed by atoms with Gasteiger partial charge in [-0.25, -0.2) is 9.36 Å². The molecule has 3 aromatic rings. The van der Waals surface area contributed by atoms with Crippen LogP contribution in [0.1, 0.15) is 86.6 Å². The summed E-state index contributed by atoms with van der Waals surface area (Å²) in [5, 5.41) is 20.9. The fraction of sp³-hybridized carbons (Fsp3) is 0.634. The highest BCUT2D eigenvalue weighted by molar-refractivity contribution is 6.33. The van der Waals surface area contributed by atoms with Gasteiger partial charge in [0.1, 0.15) is 23.1 Å². The van der Waals surface area contributed by atoms with Gasteiger partial charge < -0.3 is 21.3 Å². The molecule has 4 bridgehead atoms. The molecule has 0 aliphatic heterocycles. The summed E-state index contributed by atoms with van der Waals surface area (Å²) in [5.41, 5.74) is 1.94. The van der Waals surface area contributed by atoms with Gasteiger partial charge in [-0.1, -0.05) is 64.7 Å². The van der Waals surface area contributed by atoms with Crippen LogP contribution in [0.2, 0.25) is 10.0 Å². The lowest BCUT2D eigenvalue weighted by Crippen LogP contribution is -2.58. The van der Waals surface area contributed by atoms with Crippen molar-refractivity contribution in [2.75, 3.05) is 10.6 Å². The molecule has 3 heterocycles. The van der Waals surface area contributed by atoms with Crippen molar-refractivity contribution < 1.29 is 9.59 Å². The highest BCUT2D eigenvalue weighted by Gasteiger charge is 2.57.